The number of carbonyl (C=O) groups is 1. The molecule has 1 aliphatic carbocycles. The van der Waals surface area contributed by atoms with Gasteiger partial charge in [0.25, 0.3) is 5.91 Å². The second-order valence-electron chi connectivity index (χ2n) is 5.73. The predicted octanol–water partition coefficient (Wildman–Crippen LogP) is 2.20. The molecule has 1 amide bonds. The van der Waals surface area contributed by atoms with Gasteiger partial charge in [-0.25, -0.2) is 17.5 Å². The third-order valence-electron chi connectivity index (χ3n) is 3.70. The Labute approximate surface area is 139 Å². The molecule has 0 bridgehead atoms. The number of hydrogen-bond acceptors (Lipinski definition) is 3. The maximum atomic E-state index is 12.9. The van der Waals surface area contributed by atoms with Gasteiger partial charge in [-0.1, -0.05) is 18.2 Å². The largest absolute Gasteiger partial charge is 0.349 e. The highest BCUT2D eigenvalue weighted by molar-refractivity contribution is 7.89. The summed E-state index contributed by atoms with van der Waals surface area (Å²) in [5.41, 5.74) is 0.953. The van der Waals surface area contributed by atoms with Gasteiger partial charge in [0.15, 0.2) is 0 Å². The van der Waals surface area contributed by atoms with Crippen molar-refractivity contribution >= 4 is 15.9 Å². The molecule has 3 rings (SSSR count). The third-order valence-corrected chi connectivity index (χ3v) is 5.10. The van der Waals surface area contributed by atoms with E-state index in [0.29, 0.717) is 11.1 Å². The van der Waals surface area contributed by atoms with Crippen LogP contribution in [0.2, 0.25) is 0 Å². The van der Waals surface area contributed by atoms with E-state index in [4.69, 9.17) is 0 Å². The number of amides is 1. The molecule has 0 saturated heterocycles. The number of benzene rings is 2. The van der Waals surface area contributed by atoms with Gasteiger partial charge in [0.1, 0.15) is 5.82 Å². The van der Waals surface area contributed by atoms with E-state index < -0.39 is 10.0 Å². The molecule has 0 aromatic heterocycles. The van der Waals surface area contributed by atoms with Gasteiger partial charge >= 0.3 is 0 Å². The zero-order chi connectivity index (χ0) is 17.2. The molecule has 0 atom stereocenters. The Hall–Kier alpha value is -2.25. The Kier molecular flexibility index (Phi) is 4.64. The predicted molar refractivity (Wildman–Crippen MR) is 87.4 cm³/mol. The summed E-state index contributed by atoms with van der Waals surface area (Å²) in [7, 11) is -3.76. The summed E-state index contributed by atoms with van der Waals surface area (Å²) in [4.78, 5) is 12.0. The van der Waals surface area contributed by atoms with Gasteiger partial charge in [-0.05, 0) is 48.7 Å². The smallest absolute Gasteiger partial charge is 0.251 e. The number of halogens is 1. The van der Waals surface area contributed by atoms with E-state index in [1.54, 1.807) is 6.07 Å². The van der Waals surface area contributed by atoms with E-state index in [0.717, 1.165) is 12.8 Å². The van der Waals surface area contributed by atoms with Gasteiger partial charge in [-0.15, -0.1) is 0 Å². The van der Waals surface area contributed by atoms with E-state index >= 15 is 0 Å². The van der Waals surface area contributed by atoms with Crippen molar-refractivity contribution in [2.24, 2.45) is 0 Å². The monoisotopic (exact) mass is 348 g/mol. The van der Waals surface area contributed by atoms with Gasteiger partial charge in [-0.2, -0.15) is 0 Å². The van der Waals surface area contributed by atoms with Crippen LogP contribution < -0.4 is 10.0 Å². The normalized spacial score (nSPS) is 14.4. The molecular formula is C17H17FN2O3S. The number of rotatable bonds is 6. The molecule has 1 fully saturated rings. The second kappa shape index (κ2) is 6.70. The van der Waals surface area contributed by atoms with Crippen molar-refractivity contribution in [1.29, 1.82) is 0 Å². The highest BCUT2D eigenvalue weighted by atomic mass is 32.2. The molecule has 2 N–H and O–H groups in total. The second-order valence-corrected chi connectivity index (χ2v) is 7.49. The lowest BCUT2D eigenvalue weighted by Gasteiger charge is -2.09. The van der Waals surface area contributed by atoms with E-state index in [9.17, 15) is 17.6 Å². The zero-order valence-electron chi connectivity index (χ0n) is 12.8. The third kappa shape index (κ3) is 4.18. The molecule has 1 aliphatic rings. The Morgan fingerprint density at radius 3 is 2.50 bits per heavy atom. The fourth-order valence-corrected chi connectivity index (χ4v) is 3.23. The van der Waals surface area contributed by atoms with Crippen molar-refractivity contribution in [3.05, 3.63) is 65.5 Å². The first-order valence-electron chi connectivity index (χ1n) is 7.59. The van der Waals surface area contributed by atoms with E-state index in [1.807, 2.05) is 0 Å². The molecule has 0 heterocycles. The molecule has 126 valence electrons. The van der Waals surface area contributed by atoms with Crippen molar-refractivity contribution in [1.82, 2.24) is 10.0 Å². The summed E-state index contributed by atoms with van der Waals surface area (Å²) < 4.78 is 40.0. The van der Waals surface area contributed by atoms with Crippen LogP contribution in [-0.2, 0) is 16.6 Å². The van der Waals surface area contributed by atoms with Gasteiger partial charge in [0.2, 0.25) is 10.0 Å². The summed E-state index contributed by atoms with van der Waals surface area (Å²) >= 11 is 0. The van der Waals surface area contributed by atoms with Crippen molar-refractivity contribution in [2.75, 3.05) is 0 Å². The standard InChI is InChI=1S/C17H17FN2O3S/c18-14-6-4-12(5-7-14)11-19-24(22,23)16-3-1-2-13(10-16)17(21)20-15-8-9-15/h1-7,10,15,19H,8-9,11H2,(H,20,21). The van der Waals surface area contributed by atoms with Crippen molar-refractivity contribution in [3.8, 4) is 0 Å². The molecule has 5 nitrogen and oxygen atoms in total. The molecule has 7 heteroatoms. The van der Waals surface area contributed by atoms with Gasteiger partial charge in [-0.3, -0.25) is 4.79 Å². The fraction of sp³-hybridized carbons (Fsp3) is 0.235. The van der Waals surface area contributed by atoms with Crippen LogP contribution in [0.5, 0.6) is 0 Å². The van der Waals surface area contributed by atoms with E-state index in [2.05, 4.69) is 10.0 Å². The Bertz CT molecular complexity index is 846. The van der Waals surface area contributed by atoms with Crippen LogP contribution in [0.1, 0.15) is 28.8 Å². The fourth-order valence-electron chi connectivity index (χ4n) is 2.16. The molecule has 0 spiro atoms. The lowest BCUT2D eigenvalue weighted by Crippen LogP contribution is -2.26. The Morgan fingerprint density at radius 1 is 1.12 bits per heavy atom. The minimum atomic E-state index is -3.76. The number of sulfonamides is 1. The summed E-state index contributed by atoms with van der Waals surface area (Å²) in [6.07, 6.45) is 1.92. The van der Waals surface area contributed by atoms with Crippen molar-refractivity contribution < 1.29 is 17.6 Å². The van der Waals surface area contributed by atoms with E-state index in [1.165, 1.54) is 42.5 Å². The number of hydrogen-bond donors (Lipinski definition) is 2. The van der Waals surface area contributed by atoms with Crippen LogP contribution in [-0.4, -0.2) is 20.4 Å². The van der Waals surface area contributed by atoms with Crippen LogP contribution in [0.15, 0.2) is 53.4 Å². The summed E-state index contributed by atoms with van der Waals surface area (Å²) in [5.74, 6) is -0.649. The summed E-state index contributed by atoms with van der Waals surface area (Å²) in [6.45, 7) is 0.0428. The van der Waals surface area contributed by atoms with Crippen LogP contribution in [0.25, 0.3) is 0 Å². The van der Waals surface area contributed by atoms with Crippen LogP contribution in [0.4, 0.5) is 4.39 Å². The van der Waals surface area contributed by atoms with Crippen LogP contribution >= 0.6 is 0 Å². The van der Waals surface area contributed by atoms with Crippen LogP contribution in [0.3, 0.4) is 0 Å². The maximum absolute atomic E-state index is 12.9. The lowest BCUT2D eigenvalue weighted by molar-refractivity contribution is 0.0951. The molecule has 2 aromatic rings. The molecule has 0 aliphatic heterocycles. The summed E-state index contributed by atoms with van der Waals surface area (Å²) in [6, 6.07) is 11.7. The number of nitrogens with one attached hydrogen (secondary N) is 2. The Balaban J connectivity index is 1.71. The molecule has 0 radical (unpaired) electrons. The van der Waals surface area contributed by atoms with Crippen LogP contribution in [0, 0.1) is 5.82 Å². The SMILES string of the molecule is O=C(NC1CC1)c1cccc(S(=O)(=O)NCc2ccc(F)cc2)c1. The Morgan fingerprint density at radius 2 is 1.83 bits per heavy atom. The van der Waals surface area contributed by atoms with Crippen molar-refractivity contribution in [2.45, 2.75) is 30.3 Å². The van der Waals surface area contributed by atoms with E-state index in [-0.39, 0.29) is 29.2 Å². The average molecular weight is 348 g/mol. The van der Waals surface area contributed by atoms with Crippen molar-refractivity contribution in [3.63, 3.8) is 0 Å². The highest BCUT2D eigenvalue weighted by Gasteiger charge is 2.24. The molecule has 24 heavy (non-hydrogen) atoms. The highest BCUT2D eigenvalue weighted by Crippen LogP contribution is 2.20. The summed E-state index contributed by atoms with van der Waals surface area (Å²) in [5, 5.41) is 2.82. The molecule has 1 saturated carbocycles. The molecule has 0 unspecified atom stereocenters. The average Bonchev–Trinajstić information content (AvgIpc) is 3.38. The lowest BCUT2D eigenvalue weighted by atomic mass is 10.2. The minimum Gasteiger partial charge on any atom is -0.349 e. The first-order valence-corrected chi connectivity index (χ1v) is 9.07. The zero-order valence-corrected chi connectivity index (χ0v) is 13.6. The minimum absolute atomic E-state index is 0.0214. The molecule has 2 aromatic carbocycles. The first-order chi connectivity index (χ1) is 11.4. The topological polar surface area (TPSA) is 75.3 Å². The number of carbonyl (C=O) groups excluding carboxylic acids is 1. The first kappa shape index (κ1) is 16.6. The van der Waals surface area contributed by atoms with Gasteiger partial charge < -0.3 is 5.32 Å². The van der Waals surface area contributed by atoms with Gasteiger partial charge in [0.05, 0.1) is 4.90 Å². The quantitative estimate of drug-likeness (QED) is 0.840. The maximum Gasteiger partial charge on any atom is 0.251 e. The van der Waals surface area contributed by atoms with Gasteiger partial charge in [0, 0.05) is 18.2 Å². The molecular weight excluding hydrogens is 331 g/mol.